The Kier molecular flexibility index (Phi) is 5.75. The van der Waals surface area contributed by atoms with E-state index >= 15 is 0 Å². The number of rotatable bonds is 4. The number of carbonyl (C=O) groups is 2. The summed E-state index contributed by atoms with van der Waals surface area (Å²) < 4.78 is 0. The molecule has 0 aromatic heterocycles. The average molecular weight is 358 g/mol. The summed E-state index contributed by atoms with van der Waals surface area (Å²) in [5, 5.41) is 18.7. The van der Waals surface area contributed by atoms with Gasteiger partial charge in [0.05, 0.1) is 4.92 Å². The third-order valence-electron chi connectivity index (χ3n) is 2.99. The van der Waals surface area contributed by atoms with E-state index in [9.17, 15) is 19.7 Å². The van der Waals surface area contributed by atoms with Gasteiger partial charge in [0.2, 0.25) is 5.91 Å². The van der Waals surface area contributed by atoms with Gasteiger partial charge in [0.15, 0.2) is 5.11 Å². The Morgan fingerprint density at radius 3 is 2.32 bits per heavy atom. The van der Waals surface area contributed by atoms with Crippen LogP contribution in [0, 0.1) is 10.1 Å². The number of non-ortho nitro benzene ring substituents is 1. The van der Waals surface area contributed by atoms with Crippen LogP contribution in [0.15, 0.2) is 48.5 Å². The van der Waals surface area contributed by atoms with Gasteiger partial charge in [0.25, 0.3) is 11.6 Å². The standard InChI is InChI=1S/C16H14N4O4S/c1-10(21)17-12-5-3-6-13(9-12)18-16(25)19-15(22)11-4-2-7-14(8-11)20(23)24/h2-9H,1H3,(H,17,21)(H2,18,19,22,25). The van der Waals surface area contributed by atoms with Crippen molar-refractivity contribution in [2.24, 2.45) is 0 Å². The molecule has 9 heteroatoms. The number of amides is 2. The molecule has 3 N–H and O–H groups in total. The second-order valence-corrected chi connectivity index (χ2v) is 5.39. The number of carbonyl (C=O) groups excluding carboxylic acids is 2. The molecule has 0 aliphatic heterocycles. The second kappa shape index (κ2) is 7.97. The van der Waals surface area contributed by atoms with Gasteiger partial charge in [-0.3, -0.25) is 25.0 Å². The predicted molar refractivity (Wildman–Crippen MR) is 97.5 cm³/mol. The molecule has 0 fully saturated rings. The van der Waals surface area contributed by atoms with Crippen molar-refractivity contribution < 1.29 is 14.5 Å². The van der Waals surface area contributed by atoms with Gasteiger partial charge in [0, 0.05) is 36.0 Å². The van der Waals surface area contributed by atoms with E-state index in [4.69, 9.17) is 12.2 Å². The maximum absolute atomic E-state index is 12.1. The van der Waals surface area contributed by atoms with E-state index in [1.807, 2.05) is 0 Å². The third kappa shape index (κ3) is 5.36. The lowest BCUT2D eigenvalue weighted by Crippen LogP contribution is -2.34. The van der Waals surface area contributed by atoms with E-state index in [-0.39, 0.29) is 22.3 Å². The van der Waals surface area contributed by atoms with Crippen molar-refractivity contribution in [2.75, 3.05) is 10.6 Å². The highest BCUT2D eigenvalue weighted by atomic mass is 32.1. The normalized spacial score (nSPS) is 9.80. The van der Waals surface area contributed by atoms with Crippen LogP contribution < -0.4 is 16.0 Å². The fourth-order valence-electron chi connectivity index (χ4n) is 1.98. The first-order chi connectivity index (χ1) is 11.8. The first-order valence-corrected chi connectivity index (χ1v) is 7.50. The van der Waals surface area contributed by atoms with Gasteiger partial charge in [-0.1, -0.05) is 12.1 Å². The van der Waals surface area contributed by atoms with E-state index in [1.54, 1.807) is 24.3 Å². The Morgan fingerprint density at radius 2 is 1.68 bits per heavy atom. The van der Waals surface area contributed by atoms with Crippen molar-refractivity contribution in [3.05, 3.63) is 64.2 Å². The first-order valence-electron chi connectivity index (χ1n) is 7.09. The molecule has 0 aliphatic carbocycles. The van der Waals surface area contributed by atoms with E-state index in [0.29, 0.717) is 11.4 Å². The summed E-state index contributed by atoms with van der Waals surface area (Å²) in [5.74, 6) is -0.780. The smallest absolute Gasteiger partial charge is 0.270 e. The van der Waals surface area contributed by atoms with E-state index in [1.165, 1.54) is 25.1 Å². The minimum Gasteiger partial charge on any atom is -0.332 e. The van der Waals surface area contributed by atoms with Gasteiger partial charge in [-0.05, 0) is 36.5 Å². The van der Waals surface area contributed by atoms with Crippen molar-refractivity contribution >= 4 is 46.2 Å². The fourth-order valence-corrected chi connectivity index (χ4v) is 2.19. The van der Waals surface area contributed by atoms with Gasteiger partial charge in [0.1, 0.15) is 0 Å². The fraction of sp³-hybridized carbons (Fsp3) is 0.0625. The monoisotopic (exact) mass is 358 g/mol. The number of hydrogen-bond donors (Lipinski definition) is 3. The molecule has 0 saturated heterocycles. The molecule has 8 nitrogen and oxygen atoms in total. The van der Waals surface area contributed by atoms with Crippen LogP contribution in [0.3, 0.4) is 0 Å². The minimum absolute atomic E-state index is 0.0245. The van der Waals surface area contributed by atoms with Crippen LogP contribution in [0.25, 0.3) is 0 Å². The van der Waals surface area contributed by atoms with E-state index in [0.717, 1.165) is 6.07 Å². The van der Waals surface area contributed by atoms with Crippen LogP contribution in [0.5, 0.6) is 0 Å². The zero-order valence-corrected chi connectivity index (χ0v) is 13.9. The highest BCUT2D eigenvalue weighted by Crippen LogP contribution is 2.15. The third-order valence-corrected chi connectivity index (χ3v) is 3.19. The molecule has 128 valence electrons. The highest BCUT2D eigenvalue weighted by molar-refractivity contribution is 7.80. The summed E-state index contributed by atoms with van der Waals surface area (Å²) in [4.78, 5) is 33.3. The Bertz CT molecular complexity index is 854. The lowest BCUT2D eigenvalue weighted by Gasteiger charge is -2.11. The quantitative estimate of drug-likeness (QED) is 0.440. The molecule has 0 radical (unpaired) electrons. The first kappa shape index (κ1) is 18.0. The van der Waals surface area contributed by atoms with Gasteiger partial charge in [-0.25, -0.2) is 0 Å². The molecule has 2 aromatic carbocycles. The Labute approximate surface area is 148 Å². The lowest BCUT2D eigenvalue weighted by atomic mass is 10.2. The zero-order chi connectivity index (χ0) is 18.4. The number of anilines is 2. The SMILES string of the molecule is CC(=O)Nc1cccc(NC(=S)NC(=O)c2cccc([N+](=O)[O-])c2)c1. The number of thiocarbonyl (C=S) groups is 1. The van der Waals surface area contributed by atoms with Crippen LogP contribution in [-0.2, 0) is 4.79 Å². The highest BCUT2D eigenvalue weighted by Gasteiger charge is 2.12. The zero-order valence-electron chi connectivity index (χ0n) is 13.1. The summed E-state index contributed by atoms with van der Waals surface area (Å²) >= 11 is 5.06. The molecule has 2 rings (SSSR count). The number of nitrogens with zero attached hydrogens (tertiary/aromatic N) is 1. The van der Waals surface area contributed by atoms with Crippen molar-refractivity contribution in [3.63, 3.8) is 0 Å². The van der Waals surface area contributed by atoms with Gasteiger partial charge in [-0.15, -0.1) is 0 Å². The van der Waals surface area contributed by atoms with E-state index in [2.05, 4.69) is 16.0 Å². The minimum atomic E-state index is -0.582. The Balaban J connectivity index is 2.02. The van der Waals surface area contributed by atoms with Crippen LogP contribution in [0.2, 0.25) is 0 Å². The molecule has 2 aromatic rings. The summed E-state index contributed by atoms with van der Waals surface area (Å²) in [6.07, 6.45) is 0. The lowest BCUT2D eigenvalue weighted by molar-refractivity contribution is -0.384. The molecule has 25 heavy (non-hydrogen) atoms. The number of nitrogens with one attached hydrogen (secondary N) is 3. The number of nitro benzene ring substituents is 1. The van der Waals surface area contributed by atoms with Crippen LogP contribution in [0.4, 0.5) is 17.1 Å². The van der Waals surface area contributed by atoms with Crippen molar-refractivity contribution in [1.82, 2.24) is 5.32 Å². The Morgan fingerprint density at radius 1 is 1.04 bits per heavy atom. The molecule has 0 spiro atoms. The van der Waals surface area contributed by atoms with Crippen LogP contribution >= 0.6 is 12.2 Å². The molecule has 0 aliphatic rings. The number of nitro groups is 1. The Hall–Kier alpha value is -3.33. The summed E-state index contributed by atoms with van der Waals surface area (Å²) in [5.41, 5.74) is 1.07. The summed E-state index contributed by atoms with van der Waals surface area (Å²) in [7, 11) is 0. The predicted octanol–water partition coefficient (Wildman–Crippen LogP) is 2.68. The maximum atomic E-state index is 12.1. The van der Waals surface area contributed by atoms with Gasteiger partial charge < -0.3 is 10.6 Å². The molecule has 0 bridgehead atoms. The van der Waals surface area contributed by atoms with Crippen molar-refractivity contribution in [3.8, 4) is 0 Å². The molecule has 0 saturated carbocycles. The van der Waals surface area contributed by atoms with E-state index < -0.39 is 10.8 Å². The molecule has 0 unspecified atom stereocenters. The maximum Gasteiger partial charge on any atom is 0.270 e. The van der Waals surface area contributed by atoms with Crippen molar-refractivity contribution in [1.29, 1.82) is 0 Å². The van der Waals surface area contributed by atoms with Crippen LogP contribution in [0.1, 0.15) is 17.3 Å². The second-order valence-electron chi connectivity index (χ2n) is 4.98. The average Bonchev–Trinajstić information content (AvgIpc) is 2.54. The van der Waals surface area contributed by atoms with Crippen molar-refractivity contribution in [2.45, 2.75) is 6.92 Å². The molecule has 0 atom stereocenters. The summed E-state index contributed by atoms with van der Waals surface area (Å²) in [6, 6.07) is 12.1. The topological polar surface area (TPSA) is 113 Å². The molecular weight excluding hydrogens is 344 g/mol. The summed E-state index contributed by atoms with van der Waals surface area (Å²) in [6.45, 7) is 1.39. The molecule has 0 heterocycles. The van der Waals surface area contributed by atoms with Crippen LogP contribution in [-0.4, -0.2) is 21.9 Å². The largest absolute Gasteiger partial charge is 0.332 e. The van der Waals surface area contributed by atoms with Gasteiger partial charge >= 0.3 is 0 Å². The molecule has 2 amide bonds. The molecular formula is C16H14N4O4S. The number of benzene rings is 2. The number of hydrogen-bond acceptors (Lipinski definition) is 5. The van der Waals surface area contributed by atoms with Gasteiger partial charge in [-0.2, -0.15) is 0 Å².